The summed E-state index contributed by atoms with van der Waals surface area (Å²) in [6.45, 7) is 5.01. The molecule has 0 aliphatic heterocycles. The van der Waals surface area contributed by atoms with Crippen LogP contribution in [0.15, 0.2) is 24.3 Å². The summed E-state index contributed by atoms with van der Waals surface area (Å²) >= 11 is 0. The van der Waals surface area contributed by atoms with E-state index in [2.05, 4.69) is 43.5 Å². The molecule has 0 aromatic rings. The second kappa shape index (κ2) is 77.8. The Morgan fingerprint density at radius 2 is 0.568 bits per heavy atom. The van der Waals surface area contributed by atoms with Crippen LogP contribution in [-0.2, 0) is 14.3 Å². The minimum Gasteiger partial charge on any atom is -0.466 e. The third kappa shape index (κ3) is 73.4. The van der Waals surface area contributed by atoms with Gasteiger partial charge in [-0.2, -0.15) is 0 Å². The molecule has 0 aromatic carbocycles. The molecular weight excluding hydrogens is 1080 g/mol. The SMILES string of the molecule is CCCCCCCCCCCCCCCCCCCCCCCCCC(O)C(CO)NC(=O)CCCCCCCCCCCCCCCCC/C=C\C/C=C\CCCCCCCCCCCOC(=O)CCCCCCCCCCCCCCCCCCC. The van der Waals surface area contributed by atoms with E-state index in [9.17, 15) is 19.8 Å². The van der Waals surface area contributed by atoms with Gasteiger partial charge in [-0.3, -0.25) is 9.59 Å². The molecule has 0 saturated heterocycles. The summed E-state index contributed by atoms with van der Waals surface area (Å²) < 4.78 is 5.51. The second-order valence-electron chi connectivity index (χ2n) is 28.1. The average molecular weight is 1240 g/mol. The highest BCUT2D eigenvalue weighted by atomic mass is 16.5. The number of hydrogen-bond acceptors (Lipinski definition) is 5. The largest absolute Gasteiger partial charge is 0.466 e. The summed E-state index contributed by atoms with van der Waals surface area (Å²) in [5.74, 6) is -0.0103. The minimum atomic E-state index is -0.665. The number of carbonyl (C=O) groups is 2. The summed E-state index contributed by atoms with van der Waals surface area (Å²) in [4.78, 5) is 24.7. The van der Waals surface area contributed by atoms with E-state index < -0.39 is 12.1 Å². The molecule has 1 amide bonds. The van der Waals surface area contributed by atoms with Crippen molar-refractivity contribution >= 4 is 11.9 Å². The number of unbranched alkanes of at least 4 members (excludes halogenated alkanes) is 62. The Morgan fingerprint density at radius 3 is 0.864 bits per heavy atom. The predicted molar refractivity (Wildman–Crippen MR) is 389 cm³/mol. The van der Waals surface area contributed by atoms with Gasteiger partial charge >= 0.3 is 5.97 Å². The molecule has 522 valence electrons. The van der Waals surface area contributed by atoms with Crippen molar-refractivity contribution in [3.8, 4) is 0 Å². The number of aliphatic hydroxyl groups is 2. The lowest BCUT2D eigenvalue weighted by Crippen LogP contribution is -2.45. The predicted octanol–water partition coefficient (Wildman–Crippen LogP) is 26.8. The van der Waals surface area contributed by atoms with E-state index in [1.165, 1.54) is 385 Å². The van der Waals surface area contributed by atoms with Gasteiger partial charge in [0, 0.05) is 12.8 Å². The van der Waals surface area contributed by atoms with Gasteiger partial charge in [-0.05, 0) is 57.8 Å². The number of rotatable bonds is 77. The van der Waals surface area contributed by atoms with Crippen LogP contribution in [0.1, 0.15) is 463 Å². The number of hydrogen-bond donors (Lipinski definition) is 3. The topological polar surface area (TPSA) is 95.9 Å². The molecule has 0 saturated carbocycles. The summed E-state index contributed by atoms with van der Waals surface area (Å²) in [5.41, 5.74) is 0. The molecular formula is C82H159NO5. The van der Waals surface area contributed by atoms with Crippen LogP contribution in [0, 0.1) is 0 Å². The Bertz CT molecular complexity index is 1380. The van der Waals surface area contributed by atoms with E-state index in [4.69, 9.17) is 4.74 Å². The van der Waals surface area contributed by atoms with Crippen molar-refractivity contribution in [3.05, 3.63) is 24.3 Å². The number of allylic oxidation sites excluding steroid dienone is 4. The fourth-order valence-electron chi connectivity index (χ4n) is 13.1. The van der Waals surface area contributed by atoms with E-state index in [1.54, 1.807) is 0 Å². The zero-order valence-corrected chi connectivity index (χ0v) is 60.0. The van der Waals surface area contributed by atoms with E-state index in [1.807, 2.05) is 0 Å². The standard InChI is InChI=1S/C82H159NO5/c1-3-5-7-9-11-13-15-17-19-21-22-23-33-36-39-43-46-50-54-58-62-66-70-74-80(85)79(78-84)83-81(86)75-71-67-63-59-55-51-47-44-40-37-34-31-29-27-25-24-26-28-30-32-35-38-41-45-49-53-57-61-65-69-73-77-88-82(87)76-72-68-64-60-56-52-48-42-20-18-16-14-12-10-8-6-4-2/h26,28,32,35,79-80,84-85H,3-25,27,29-31,33-34,36-78H2,1-2H3,(H,83,86)/b28-26-,35-32-. The van der Waals surface area contributed by atoms with Crippen LogP contribution in [0.5, 0.6) is 0 Å². The van der Waals surface area contributed by atoms with Gasteiger partial charge in [0.1, 0.15) is 0 Å². The maximum Gasteiger partial charge on any atom is 0.305 e. The van der Waals surface area contributed by atoms with Crippen LogP contribution in [-0.4, -0.2) is 47.4 Å². The Morgan fingerprint density at radius 1 is 0.318 bits per heavy atom. The monoisotopic (exact) mass is 1240 g/mol. The van der Waals surface area contributed by atoms with Crippen molar-refractivity contribution in [2.24, 2.45) is 0 Å². The van der Waals surface area contributed by atoms with Crippen LogP contribution in [0.4, 0.5) is 0 Å². The van der Waals surface area contributed by atoms with Crippen LogP contribution < -0.4 is 5.32 Å². The second-order valence-corrected chi connectivity index (χ2v) is 28.1. The summed E-state index contributed by atoms with van der Waals surface area (Å²) in [6.07, 6.45) is 99.9. The number of esters is 1. The Hall–Kier alpha value is -1.66. The zero-order chi connectivity index (χ0) is 63.5. The lowest BCUT2D eigenvalue weighted by Gasteiger charge is -2.22. The molecule has 0 spiro atoms. The summed E-state index contributed by atoms with van der Waals surface area (Å²) in [6, 6.07) is -0.542. The number of ether oxygens (including phenoxy) is 1. The lowest BCUT2D eigenvalue weighted by atomic mass is 10.0. The molecule has 0 fully saturated rings. The normalized spacial score (nSPS) is 12.5. The number of aliphatic hydroxyl groups excluding tert-OH is 2. The van der Waals surface area contributed by atoms with Crippen molar-refractivity contribution in [1.82, 2.24) is 5.32 Å². The van der Waals surface area contributed by atoms with Gasteiger partial charge < -0.3 is 20.3 Å². The molecule has 88 heavy (non-hydrogen) atoms. The highest BCUT2D eigenvalue weighted by Gasteiger charge is 2.20. The van der Waals surface area contributed by atoms with Crippen LogP contribution in [0.3, 0.4) is 0 Å². The van der Waals surface area contributed by atoms with Crippen molar-refractivity contribution in [2.45, 2.75) is 475 Å². The Balaban J connectivity index is 3.38. The van der Waals surface area contributed by atoms with Crippen molar-refractivity contribution < 1.29 is 24.5 Å². The fraction of sp³-hybridized carbons (Fsp3) is 0.927. The van der Waals surface area contributed by atoms with Crippen LogP contribution in [0.25, 0.3) is 0 Å². The number of amides is 1. The Labute approximate surface area is 551 Å². The van der Waals surface area contributed by atoms with Gasteiger partial charge in [-0.1, -0.05) is 417 Å². The van der Waals surface area contributed by atoms with E-state index >= 15 is 0 Å². The third-order valence-electron chi connectivity index (χ3n) is 19.3. The van der Waals surface area contributed by atoms with Crippen molar-refractivity contribution in [1.29, 1.82) is 0 Å². The first kappa shape index (κ1) is 86.3. The molecule has 0 heterocycles. The molecule has 0 aromatic heterocycles. The van der Waals surface area contributed by atoms with Gasteiger partial charge in [0.15, 0.2) is 0 Å². The first-order valence-electron chi connectivity index (χ1n) is 40.6. The van der Waals surface area contributed by atoms with Crippen molar-refractivity contribution in [2.75, 3.05) is 13.2 Å². The summed E-state index contributed by atoms with van der Waals surface area (Å²) in [7, 11) is 0. The fourth-order valence-corrected chi connectivity index (χ4v) is 13.1. The van der Waals surface area contributed by atoms with Crippen LogP contribution >= 0.6 is 0 Å². The first-order valence-corrected chi connectivity index (χ1v) is 40.6. The quantitative estimate of drug-likeness (QED) is 0.0320. The molecule has 0 aliphatic carbocycles. The van der Waals surface area contributed by atoms with Gasteiger partial charge in [-0.25, -0.2) is 0 Å². The molecule has 0 radical (unpaired) electrons. The maximum atomic E-state index is 12.6. The molecule has 2 unspecified atom stereocenters. The van der Waals surface area contributed by atoms with Gasteiger partial charge in [0.2, 0.25) is 5.91 Å². The Kier molecular flexibility index (Phi) is 76.3. The third-order valence-corrected chi connectivity index (χ3v) is 19.3. The molecule has 3 N–H and O–H groups in total. The maximum absolute atomic E-state index is 12.6. The highest BCUT2D eigenvalue weighted by Crippen LogP contribution is 2.20. The zero-order valence-electron chi connectivity index (χ0n) is 60.0. The highest BCUT2D eigenvalue weighted by molar-refractivity contribution is 5.76. The van der Waals surface area contributed by atoms with E-state index in [0.29, 0.717) is 25.9 Å². The van der Waals surface area contributed by atoms with E-state index in [-0.39, 0.29) is 18.5 Å². The van der Waals surface area contributed by atoms with Gasteiger partial charge in [0.25, 0.3) is 0 Å². The van der Waals surface area contributed by atoms with Gasteiger partial charge in [-0.15, -0.1) is 0 Å². The molecule has 0 rings (SSSR count). The molecule has 6 heteroatoms. The van der Waals surface area contributed by atoms with Crippen LogP contribution in [0.2, 0.25) is 0 Å². The number of nitrogens with one attached hydrogen (secondary N) is 1. The minimum absolute atomic E-state index is 0.0183. The molecule has 6 nitrogen and oxygen atoms in total. The average Bonchev–Trinajstić information content (AvgIpc) is 3.57. The lowest BCUT2D eigenvalue weighted by molar-refractivity contribution is -0.143. The van der Waals surface area contributed by atoms with Crippen molar-refractivity contribution in [3.63, 3.8) is 0 Å². The smallest absolute Gasteiger partial charge is 0.305 e. The summed E-state index contributed by atoms with van der Waals surface area (Å²) in [5, 5.41) is 23.5. The first-order chi connectivity index (χ1) is 43.5. The molecule has 0 aliphatic rings. The van der Waals surface area contributed by atoms with Gasteiger partial charge in [0.05, 0.1) is 25.4 Å². The molecule has 2 atom stereocenters. The molecule has 0 bridgehead atoms. The van der Waals surface area contributed by atoms with E-state index in [0.717, 1.165) is 44.9 Å². The number of carbonyl (C=O) groups excluding carboxylic acids is 2.